The standard InChI is InChI=1S/C27H23F3O3/c1-3-5-22(17-26(31)32-2)21-10-14-25(15-11-21)33-18-19-6-4-7-23(16-19)20-8-12-24(13-9-20)27(28,29)30/h4,6-16,22H,17-18H2,1-2H3/t22-/m1/s1. The summed E-state index contributed by atoms with van der Waals surface area (Å²) in [5.41, 5.74) is 2.61. The molecule has 0 radical (unpaired) electrons. The Kier molecular flexibility index (Phi) is 7.78. The SMILES string of the molecule is CC#C[C@H](CC(=O)OC)c1ccc(OCc2cccc(-c3ccc(C(F)(F)F)cc3)c2)cc1. The molecule has 3 aromatic rings. The zero-order chi connectivity index (χ0) is 23.8. The molecular weight excluding hydrogens is 429 g/mol. The molecule has 0 spiro atoms. The Morgan fingerprint density at radius 2 is 1.67 bits per heavy atom. The van der Waals surface area contributed by atoms with Gasteiger partial charge in [-0.1, -0.05) is 48.4 Å². The Hall–Kier alpha value is -3.72. The van der Waals surface area contributed by atoms with Crippen molar-refractivity contribution >= 4 is 5.97 Å². The van der Waals surface area contributed by atoms with Crippen LogP contribution >= 0.6 is 0 Å². The van der Waals surface area contributed by atoms with Gasteiger partial charge in [0.25, 0.3) is 0 Å². The number of carbonyl (C=O) groups is 1. The normalized spacial score (nSPS) is 11.8. The van der Waals surface area contributed by atoms with E-state index in [0.29, 0.717) is 17.9 Å². The first-order valence-corrected chi connectivity index (χ1v) is 10.3. The summed E-state index contributed by atoms with van der Waals surface area (Å²) in [5, 5.41) is 0. The lowest BCUT2D eigenvalue weighted by Crippen LogP contribution is -2.07. The fourth-order valence-electron chi connectivity index (χ4n) is 3.33. The van der Waals surface area contributed by atoms with Crippen molar-refractivity contribution in [2.45, 2.75) is 32.0 Å². The first kappa shape index (κ1) is 23.9. The lowest BCUT2D eigenvalue weighted by atomic mass is 9.96. The number of benzene rings is 3. The van der Waals surface area contributed by atoms with Gasteiger partial charge >= 0.3 is 12.1 Å². The minimum absolute atomic E-state index is 0.175. The summed E-state index contributed by atoms with van der Waals surface area (Å²) in [6.45, 7) is 2.02. The Morgan fingerprint density at radius 1 is 0.970 bits per heavy atom. The summed E-state index contributed by atoms with van der Waals surface area (Å²) in [6.07, 6.45) is -4.18. The van der Waals surface area contributed by atoms with Gasteiger partial charge in [0.05, 0.1) is 25.0 Å². The molecule has 0 aliphatic rings. The topological polar surface area (TPSA) is 35.5 Å². The third kappa shape index (κ3) is 6.63. The molecule has 3 aromatic carbocycles. The number of hydrogen-bond acceptors (Lipinski definition) is 3. The summed E-state index contributed by atoms with van der Waals surface area (Å²) in [6, 6.07) is 19.9. The van der Waals surface area contributed by atoms with Gasteiger partial charge in [0.2, 0.25) is 0 Å². The molecule has 0 unspecified atom stereocenters. The Morgan fingerprint density at radius 3 is 2.27 bits per heavy atom. The third-order valence-electron chi connectivity index (χ3n) is 5.08. The Labute approximate surface area is 191 Å². The average molecular weight is 452 g/mol. The number of alkyl halides is 3. The number of ether oxygens (including phenoxy) is 2. The summed E-state index contributed by atoms with van der Waals surface area (Å²) in [7, 11) is 1.35. The van der Waals surface area contributed by atoms with E-state index in [1.807, 2.05) is 48.5 Å². The molecule has 0 bridgehead atoms. The van der Waals surface area contributed by atoms with Crippen LogP contribution in [0.4, 0.5) is 13.2 Å². The molecule has 0 N–H and O–H groups in total. The zero-order valence-electron chi connectivity index (χ0n) is 18.3. The predicted molar refractivity (Wildman–Crippen MR) is 120 cm³/mol. The number of halogens is 3. The first-order chi connectivity index (χ1) is 15.8. The molecule has 0 saturated carbocycles. The second-order valence-corrected chi connectivity index (χ2v) is 7.36. The van der Waals surface area contributed by atoms with E-state index in [9.17, 15) is 18.0 Å². The number of rotatable bonds is 7. The van der Waals surface area contributed by atoms with Gasteiger partial charge in [-0.15, -0.1) is 5.92 Å². The molecule has 0 fully saturated rings. The maximum absolute atomic E-state index is 12.8. The van der Waals surface area contributed by atoms with E-state index in [1.165, 1.54) is 19.2 Å². The molecule has 0 aromatic heterocycles. The van der Waals surface area contributed by atoms with Gasteiger partial charge in [-0.2, -0.15) is 13.2 Å². The number of hydrogen-bond donors (Lipinski definition) is 0. The molecule has 0 heterocycles. The predicted octanol–water partition coefficient (Wildman–Crippen LogP) is 6.62. The summed E-state index contributed by atoms with van der Waals surface area (Å²) in [5.74, 6) is 5.94. The zero-order valence-corrected chi connectivity index (χ0v) is 18.3. The van der Waals surface area contributed by atoms with E-state index in [0.717, 1.165) is 28.8 Å². The van der Waals surface area contributed by atoms with Gasteiger partial charge < -0.3 is 9.47 Å². The monoisotopic (exact) mass is 452 g/mol. The number of carbonyl (C=O) groups excluding carboxylic acids is 1. The molecular formula is C27H23F3O3. The third-order valence-corrected chi connectivity index (χ3v) is 5.08. The van der Waals surface area contributed by atoms with Crippen molar-refractivity contribution in [3.8, 4) is 28.7 Å². The van der Waals surface area contributed by atoms with E-state index >= 15 is 0 Å². The summed E-state index contributed by atoms with van der Waals surface area (Å²) >= 11 is 0. The van der Waals surface area contributed by atoms with Crippen molar-refractivity contribution in [3.63, 3.8) is 0 Å². The lowest BCUT2D eigenvalue weighted by Gasteiger charge is -2.12. The molecule has 1 atom stereocenters. The van der Waals surface area contributed by atoms with Gasteiger partial charge in [0.1, 0.15) is 12.4 Å². The maximum Gasteiger partial charge on any atom is 0.416 e. The van der Waals surface area contributed by atoms with Crippen LogP contribution in [0.25, 0.3) is 11.1 Å². The van der Waals surface area contributed by atoms with Crippen molar-refractivity contribution in [1.29, 1.82) is 0 Å². The van der Waals surface area contributed by atoms with Gasteiger partial charge in [-0.3, -0.25) is 4.79 Å². The van der Waals surface area contributed by atoms with Crippen molar-refractivity contribution in [1.82, 2.24) is 0 Å². The van der Waals surface area contributed by atoms with Crippen LogP contribution in [0.1, 0.15) is 36.0 Å². The van der Waals surface area contributed by atoms with Crippen molar-refractivity contribution in [3.05, 3.63) is 89.5 Å². The number of esters is 1. The van der Waals surface area contributed by atoms with Crippen LogP contribution in [-0.4, -0.2) is 13.1 Å². The highest BCUT2D eigenvalue weighted by atomic mass is 19.4. The fourth-order valence-corrected chi connectivity index (χ4v) is 3.33. The molecule has 0 aliphatic heterocycles. The minimum Gasteiger partial charge on any atom is -0.489 e. The van der Waals surface area contributed by atoms with Crippen LogP contribution in [0.2, 0.25) is 0 Å². The van der Waals surface area contributed by atoms with E-state index in [4.69, 9.17) is 9.47 Å². The molecule has 33 heavy (non-hydrogen) atoms. The molecule has 0 saturated heterocycles. The van der Waals surface area contributed by atoms with Crippen LogP contribution in [0.5, 0.6) is 5.75 Å². The number of methoxy groups -OCH3 is 1. The maximum atomic E-state index is 12.8. The highest BCUT2D eigenvalue weighted by Crippen LogP contribution is 2.31. The quantitative estimate of drug-likeness (QED) is 0.298. The van der Waals surface area contributed by atoms with E-state index in [1.54, 1.807) is 6.92 Å². The second-order valence-electron chi connectivity index (χ2n) is 7.36. The summed E-state index contributed by atoms with van der Waals surface area (Å²) in [4.78, 5) is 11.6. The smallest absolute Gasteiger partial charge is 0.416 e. The van der Waals surface area contributed by atoms with Crippen LogP contribution in [0.3, 0.4) is 0 Å². The molecule has 3 rings (SSSR count). The van der Waals surface area contributed by atoms with E-state index < -0.39 is 11.7 Å². The van der Waals surface area contributed by atoms with E-state index in [-0.39, 0.29) is 18.3 Å². The fraction of sp³-hybridized carbons (Fsp3) is 0.222. The van der Waals surface area contributed by atoms with Gasteiger partial charge in [-0.05, 0) is 59.5 Å². The summed E-state index contributed by atoms with van der Waals surface area (Å²) < 4.78 is 49.0. The largest absolute Gasteiger partial charge is 0.489 e. The lowest BCUT2D eigenvalue weighted by molar-refractivity contribution is -0.141. The molecule has 3 nitrogen and oxygen atoms in total. The average Bonchev–Trinajstić information content (AvgIpc) is 2.82. The van der Waals surface area contributed by atoms with Crippen LogP contribution < -0.4 is 4.74 Å². The van der Waals surface area contributed by atoms with Crippen LogP contribution in [-0.2, 0) is 22.3 Å². The Balaban J connectivity index is 1.66. The molecule has 0 aliphatic carbocycles. The van der Waals surface area contributed by atoms with Gasteiger partial charge in [-0.25, -0.2) is 0 Å². The molecule has 6 heteroatoms. The van der Waals surface area contributed by atoms with Gasteiger partial charge in [0.15, 0.2) is 0 Å². The van der Waals surface area contributed by atoms with Gasteiger partial charge in [0, 0.05) is 0 Å². The highest BCUT2D eigenvalue weighted by Gasteiger charge is 2.29. The van der Waals surface area contributed by atoms with Crippen molar-refractivity contribution < 1.29 is 27.4 Å². The van der Waals surface area contributed by atoms with Crippen LogP contribution in [0, 0.1) is 11.8 Å². The minimum atomic E-state index is -4.35. The van der Waals surface area contributed by atoms with E-state index in [2.05, 4.69) is 11.8 Å². The molecule has 170 valence electrons. The highest BCUT2D eigenvalue weighted by molar-refractivity contribution is 5.71. The first-order valence-electron chi connectivity index (χ1n) is 10.3. The molecule has 0 amide bonds. The second kappa shape index (κ2) is 10.7. The Bertz CT molecular complexity index is 1140. The van der Waals surface area contributed by atoms with Crippen LogP contribution in [0.15, 0.2) is 72.8 Å². The van der Waals surface area contributed by atoms with Crippen molar-refractivity contribution in [2.75, 3.05) is 7.11 Å². The van der Waals surface area contributed by atoms with Crippen molar-refractivity contribution in [2.24, 2.45) is 0 Å².